The minimum Gasteiger partial charge on any atom is -0.422 e. The predicted octanol–water partition coefficient (Wildman–Crippen LogP) is 1.85. The molecule has 1 heterocycles. The lowest BCUT2D eigenvalue weighted by atomic mass is 10.3. The highest BCUT2D eigenvalue weighted by atomic mass is 16.5. The highest BCUT2D eigenvalue weighted by molar-refractivity contribution is 5.52. The van der Waals surface area contributed by atoms with Gasteiger partial charge in [0.25, 0.3) is 0 Å². The third-order valence-corrected chi connectivity index (χ3v) is 1.66. The number of rotatable bonds is 2. The Bertz CT molecular complexity index is 417. The van der Waals surface area contributed by atoms with E-state index >= 15 is 0 Å². The van der Waals surface area contributed by atoms with Crippen LogP contribution >= 0.6 is 0 Å². The number of aromatic nitrogens is 2. The zero-order chi connectivity index (χ0) is 9.80. The van der Waals surface area contributed by atoms with E-state index in [1.165, 1.54) is 0 Å². The standard InChI is InChI=1S/C10H9N3O/c11-8-4-1-2-5-9(8)14-10-12-6-3-7-13-10/h1-7H,11H2. The van der Waals surface area contributed by atoms with Crippen molar-refractivity contribution in [3.63, 3.8) is 0 Å². The summed E-state index contributed by atoms with van der Waals surface area (Å²) in [6, 6.07) is 9.24. The van der Waals surface area contributed by atoms with Gasteiger partial charge in [-0.25, -0.2) is 9.97 Å². The maximum Gasteiger partial charge on any atom is 0.321 e. The summed E-state index contributed by atoms with van der Waals surface area (Å²) in [6.45, 7) is 0. The minimum atomic E-state index is 0.297. The summed E-state index contributed by atoms with van der Waals surface area (Å²) in [5, 5.41) is 0. The van der Waals surface area contributed by atoms with Crippen molar-refractivity contribution >= 4 is 5.69 Å². The van der Waals surface area contributed by atoms with Gasteiger partial charge in [0.15, 0.2) is 5.75 Å². The third-order valence-electron chi connectivity index (χ3n) is 1.66. The SMILES string of the molecule is Nc1ccccc1Oc1ncccn1. The molecule has 0 aliphatic rings. The van der Waals surface area contributed by atoms with E-state index in [2.05, 4.69) is 9.97 Å². The number of nitrogen functional groups attached to an aromatic ring is 1. The van der Waals surface area contributed by atoms with Crippen LogP contribution in [-0.2, 0) is 0 Å². The van der Waals surface area contributed by atoms with Crippen LogP contribution < -0.4 is 10.5 Å². The lowest BCUT2D eigenvalue weighted by Crippen LogP contribution is -1.94. The largest absolute Gasteiger partial charge is 0.422 e. The molecule has 0 atom stereocenters. The molecule has 0 aliphatic heterocycles. The van der Waals surface area contributed by atoms with Gasteiger partial charge < -0.3 is 10.5 Å². The molecule has 2 N–H and O–H groups in total. The van der Waals surface area contributed by atoms with Crippen molar-refractivity contribution in [2.24, 2.45) is 0 Å². The second-order valence-corrected chi connectivity index (χ2v) is 2.67. The molecule has 2 rings (SSSR count). The lowest BCUT2D eigenvalue weighted by Gasteiger charge is -2.04. The normalized spacial score (nSPS) is 9.71. The molecule has 2 aromatic rings. The minimum absolute atomic E-state index is 0.297. The van der Waals surface area contributed by atoms with E-state index in [4.69, 9.17) is 10.5 Å². The molecule has 1 aromatic heterocycles. The van der Waals surface area contributed by atoms with E-state index in [9.17, 15) is 0 Å². The number of nitrogens with zero attached hydrogens (tertiary/aromatic N) is 2. The first-order valence-electron chi connectivity index (χ1n) is 4.15. The van der Waals surface area contributed by atoms with Crippen molar-refractivity contribution in [2.75, 3.05) is 5.73 Å². The number of anilines is 1. The summed E-state index contributed by atoms with van der Waals surface area (Å²) in [7, 11) is 0. The number of benzene rings is 1. The average molecular weight is 187 g/mol. The fourth-order valence-corrected chi connectivity index (χ4v) is 1.01. The molecule has 0 bridgehead atoms. The van der Waals surface area contributed by atoms with E-state index in [-0.39, 0.29) is 0 Å². The highest BCUT2D eigenvalue weighted by Gasteiger charge is 2.01. The molecule has 0 spiro atoms. The maximum absolute atomic E-state index is 5.69. The summed E-state index contributed by atoms with van der Waals surface area (Å²) in [5.74, 6) is 0.568. The van der Waals surface area contributed by atoms with E-state index in [0.717, 1.165) is 0 Å². The van der Waals surface area contributed by atoms with Crippen molar-refractivity contribution in [2.45, 2.75) is 0 Å². The van der Waals surface area contributed by atoms with Crippen LogP contribution in [0.1, 0.15) is 0 Å². The summed E-state index contributed by atoms with van der Waals surface area (Å²) in [6.07, 6.45) is 3.23. The molecule has 0 saturated carbocycles. The van der Waals surface area contributed by atoms with Gasteiger partial charge in [0, 0.05) is 12.4 Å². The topological polar surface area (TPSA) is 61.0 Å². The molecule has 0 saturated heterocycles. The van der Waals surface area contributed by atoms with Crippen LogP contribution in [-0.4, -0.2) is 9.97 Å². The zero-order valence-corrected chi connectivity index (χ0v) is 7.42. The van der Waals surface area contributed by atoms with Crippen LogP contribution in [0.15, 0.2) is 42.7 Å². The second-order valence-electron chi connectivity index (χ2n) is 2.67. The van der Waals surface area contributed by atoms with Gasteiger partial charge in [0.2, 0.25) is 0 Å². The Morgan fingerprint density at radius 1 is 1.00 bits per heavy atom. The van der Waals surface area contributed by atoms with E-state index in [1.54, 1.807) is 30.6 Å². The van der Waals surface area contributed by atoms with Crippen LogP contribution in [0, 0.1) is 0 Å². The third kappa shape index (κ3) is 1.80. The van der Waals surface area contributed by atoms with Crippen LogP contribution in [0.3, 0.4) is 0 Å². The molecule has 0 amide bonds. The Balaban J connectivity index is 2.24. The number of nitrogens with two attached hydrogens (primary N) is 1. The number of ether oxygens (including phenoxy) is 1. The fourth-order valence-electron chi connectivity index (χ4n) is 1.01. The molecule has 4 heteroatoms. The summed E-state index contributed by atoms with van der Waals surface area (Å²) < 4.78 is 5.36. The van der Waals surface area contributed by atoms with Crippen LogP contribution in [0.4, 0.5) is 5.69 Å². The van der Waals surface area contributed by atoms with Gasteiger partial charge in [-0.05, 0) is 18.2 Å². The van der Waals surface area contributed by atoms with E-state index < -0.39 is 0 Å². The van der Waals surface area contributed by atoms with Crippen LogP contribution in [0.25, 0.3) is 0 Å². The van der Waals surface area contributed by atoms with Crippen LogP contribution in [0.5, 0.6) is 11.8 Å². The number of hydrogen-bond donors (Lipinski definition) is 1. The quantitative estimate of drug-likeness (QED) is 0.729. The lowest BCUT2D eigenvalue weighted by molar-refractivity contribution is 0.444. The molecular formula is C10H9N3O. The van der Waals surface area contributed by atoms with Crippen LogP contribution in [0.2, 0.25) is 0 Å². The maximum atomic E-state index is 5.69. The van der Waals surface area contributed by atoms with Crippen molar-refractivity contribution < 1.29 is 4.74 Å². The van der Waals surface area contributed by atoms with Crippen molar-refractivity contribution in [3.8, 4) is 11.8 Å². The Morgan fingerprint density at radius 2 is 1.71 bits per heavy atom. The van der Waals surface area contributed by atoms with Gasteiger partial charge in [-0.1, -0.05) is 12.1 Å². The second kappa shape index (κ2) is 3.74. The van der Waals surface area contributed by atoms with Crippen molar-refractivity contribution in [1.82, 2.24) is 9.97 Å². The molecular weight excluding hydrogens is 178 g/mol. The molecule has 70 valence electrons. The Labute approximate surface area is 81.4 Å². The summed E-state index contributed by atoms with van der Waals surface area (Å²) in [5.41, 5.74) is 6.26. The van der Waals surface area contributed by atoms with Crippen molar-refractivity contribution in [1.29, 1.82) is 0 Å². The fraction of sp³-hybridized carbons (Fsp3) is 0. The monoisotopic (exact) mass is 187 g/mol. The molecule has 14 heavy (non-hydrogen) atoms. The molecule has 1 aromatic carbocycles. The highest BCUT2D eigenvalue weighted by Crippen LogP contribution is 2.23. The molecule has 0 aliphatic carbocycles. The Hall–Kier alpha value is -2.10. The van der Waals surface area contributed by atoms with Gasteiger partial charge in [-0.15, -0.1) is 0 Å². The molecule has 0 unspecified atom stereocenters. The van der Waals surface area contributed by atoms with Gasteiger partial charge in [-0.3, -0.25) is 0 Å². The first kappa shape index (κ1) is 8.50. The summed E-state index contributed by atoms with van der Waals surface area (Å²) >= 11 is 0. The molecule has 0 radical (unpaired) electrons. The van der Waals surface area contributed by atoms with Gasteiger partial charge in [0.05, 0.1) is 5.69 Å². The first-order valence-corrected chi connectivity index (χ1v) is 4.15. The Morgan fingerprint density at radius 3 is 2.43 bits per heavy atom. The smallest absolute Gasteiger partial charge is 0.321 e. The van der Waals surface area contributed by atoms with E-state index in [0.29, 0.717) is 17.4 Å². The average Bonchev–Trinajstić information content (AvgIpc) is 2.23. The van der Waals surface area contributed by atoms with Gasteiger partial charge in [-0.2, -0.15) is 0 Å². The summed E-state index contributed by atoms with van der Waals surface area (Å²) in [4.78, 5) is 7.85. The van der Waals surface area contributed by atoms with Gasteiger partial charge in [0.1, 0.15) is 0 Å². The van der Waals surface area contributed by atoms with Crippen molar-refractivity contribution in [3.05, 3.63) is 42.7 Å². The van der Waals surface area contributed by atoms with Gasteiger partial charge >= 0.3 is 6.01 Å². The number of hydrogen-bond acceptors (Lipinski definition) is 4. The molecule has 4 nitrogen and oxygen atoms in total. The number of para-hydroxylation sites is 2. The predicted molar refractivity (Wildman–Crippen MR) is 53.0 cm³/mol. The first-order chi connectivity index (χ1) is 6.86. The zero-order valence-electron chi connectivity index (χ0n) is 7.42. The molecule has 0 fully saturated rings. The van der Waals surface area contributed by atoms with E-state index in [1.807, 2.05) is 12.1 Å². The Kier molecular flexibility index (Phi) is 2.27.